The number of carboxylic acid groups (broad SMARTS) is 1. The van der Waals surface area contributed by atoms with Gasteiger partial charge in [-0.1, -0.05) is 48.5 Å². The maximum Gasteiger partial charge on any atom is 0.314 e. The fourth-order valence-electron chi connectivity index (χ4n) is 3.83. The fraction of sp³-hybridized carbons (Fsp3) is 0.364. The Bertz CT molecular complexity index is 795. The van der Waals surface area contributed by atoms with Crippen LogP contribution in [0.1, 0.15) is 30.4 Å². The van der Waals surface area contributed by atoms with Crippen molar-refractivity contribution in [2.45, 2.75) is 31.1 Å². The van der Waals surface area contributed by atoms with E-state index in [1.807, 2.05) is 54.6 Å². The minimum atomic E-state index is -0.902. The second-order valence-electron chi connectivity index (χ2n) is 6.95. The molecule has 5 nitrogen and oxygen atoms in total. The average Bonchev–Trinajstić information content (AvgIpc) is 2.72. The molecule has 0 radical (unpaired) electrons. The number of nitrogens with zero attached hydrogens (tertiary/aromatic N) is 1. The molecule has 1 saturated heterocycles. The normalized spacial score (nSPS) is 16.0. The number of carboxylic acids is 1. The minimum absolute atomic E-state index is 0.0629. The van der Waals surface area contributed by atoms with Gasteiger partial charge in [0.1, 0.15) is 5.75 Å². The maximum absolute atomic E-state index is 12.6. The molecule has 1 aliphatic rings. The fourth-order valence-corrected chi connectivity index (χ4v) is 3.83. The van der Waals surface area contributed by atoms with Gasteiger partial charge >= 0.3 is 5.97 Å². The lowest BCUT2D eigenvalue weighted by Crippen LogP contribution is -2.49. The number of para-hydroxylation sites is 1. The van der Waals surface area contributed by atoms with Crippen molar-refractivity contribution < 1.29 is 19.4 Å². The van der Waals surface area contributed by atoms with E-state index in [9.17, 15) is 14.7 Å². The third-order valence-corrected chi connectivity index (χ3v) is 5.51. The highest BCUT2D eigenvalue weighted by Crippen LogP contribution is 2.36. The molecule has 0 spiro atoms. The molecule has 27 heavy (non-hydrogen) atoms. The van der Waals surface area contributed by atoms with E-state index in [1.54, 1.807) is 12.0 Å². The van der Waals surface area contributed by atoms with Crippen LogP contribution in [0.2, 0.25) is 0 Å². The van der Waals surface area contributed by atoms with Gasteiger partial charge in [-0.15, -0.1) is 0 Å². The molecule has 2 aromatic carbocycles. The molecule has 0 saturated carbocycles. The van der Waals surface area contributed by atoms with Crippen LogP contribution in [0.5, 0.6) is 5.75 Å². The molecule has 142 valence electrons. The number of piperidine rings is 1. The number of aryl methyl sites for hydroxylation is 1. The number of rotatable bonds is 6. The topological polar surface area (TPSA) is 66.8 Å². The maximum atomic E-state index is 12.6. The van der Waals surface area contributed by atoms with Crippen molar-refractivity contribution in [2.24, 2.45) is 0 Å². The molecule has 0 aromatic heterocycles. The van der Waals surface area contributed by atoms with E-state index in [-0.39, 0.29) is 5.91 Å². The Morgan fingerprint density at radius 2 is 1.67 bits per heavy atom. The highest BCUT2D eigenvalue weighted by Gasteiger charge is 2.43. The molecule has 0 unspecified atom stereocenters. The lowest BCUT2D eigenvalue weighted by molar-refractivity contribution is -0.148. The number of aliphatic carboxylic acids is 1. The lowest BCUT2D eigenvalue weighted by atomic mass is 9.73. The predicted octanol–water partition coefficient (Wildman–Crippen LogP) is 3.27. The second kappa shape index (κ2) is 8.25. The Kier molecular flexibility index (Phi) is 5.79. The summed E-state index contributed by atoms with van der Waals surface area (Å²) in [5.41, 5.74) is 0.925. The highest BCUT2D eigenvalue weighted by atomic mass is 16.5. The van der Waals surface area contributed by atoms with Crippen molar-refractivity contribution in [1.82, 2.24) is 4.90 Å². The summed E-state index contributed by atoms with van der Waals surface area (Å²) < 4.78 is 5.34. The van der Waals surface area contributed by atoms with E-state index in [0.717, 1.165) is 16.9 Å². The van der Waals surface area contributed by atoms with Crippen LogP contribution in [0.15, 0.2) is 54.6 Å². The van der Waals surface area contributed by atoms with Crippen molar-refractivity contribution in [3.8, 4) is 5.75 Å². The summed E-state index contributed by atoms with van der Waals surface area (Å²) in [6.07, 6.45) is 1.88. The van der Waals surface area contributed by atoms with Crippen LogP contribution >= 0.6 is 0 Å². The summed E-state index contributed by atoms with van der Waals surface area (Å²) in [4.78, 5) is 26.4. The summed E-state index contributed by atoms with van der Waals surface area (Å²) in [6.45, 7) is 0.928. The number of methoxy groups -OCH3 is 1. The molecule has 3 rings (SSSR count). The monoisotopic (exact) mass is 367 g/mol. The molecule has 5 heteroatoms. The van der Waals surface area contributed by atoms with Crippen LogP contribution < -0.4 is 4.74 Å². The predicted molar refractivity (Wildman–Crippen MR) is 103 cm³/mol. The Morgan fingerprint density at radius 1 is 1.04 bits per heavy atom. The van der Waals surface area contributed by atoms with E-state index < -0.39 is 11.4 Å². The molecular formula is C22H25NO4. The largest absolute Gasteiger partial charge is 0.496 e. The van der Waals surface area contributed by atoms with Crippen LogP contribution in [0, 0.1) is 0 Å². The number of amides is 1. The van der Waals surface area contributed by atoms with Crippen molar-refractivity contribution in [3.05, 3.63) is 65.7 Å². The molecule has 1 heterocycles. The number of likely N-dealkylation sites (tertiary alicyclic amines) is 1. The first-order valence-corrected chi connectivity index (χ1v) is 9.25. The smallest absolute Gasteiger partial charge is 0.314 e. The number of carbonyl (C=O) groups excluding carboxylic acids is 1. The molecule has 1 amide bonds. The van der Waals surface area contributed by atoms with Crippen LogP contribution in [0.4, 0.5) is 0 Å². The van der Waals surface area contributed by atoms with Crippen LogP contribution in [0.3, 0.4) is 0 Å². The molecule has 0 bridgehead atoms. The molecule has 1 fully saturated rings. The third-order valence-electron chi connectivity index (χ3n) is 5.51. The lowest BCUT2D eigenvalue weighted by Gasteiger charge is -2.39. The summed E-state index contributed by atoms with van der Waals surface area (Å²) in [6, 6.07) is 17.1. The Morgan fingerprint density at radius 3 is 2.30 bits per heavy atom. The van der Waals surface area contributed by atoms with E-state index >= 15 is 0 Å². The van der Waals surface area contributed by atoms with Crippen molar-refractivity contribution in [1.29, 1.82) is 0 Å². The van der Waals surface area contributed by atoms with Gasteiger partial charge in [-0.25, -0.2) is 0 Å². The Hall–Kier alpha value is -2.82. The van der Waals surface area contributed by atoms with E-state index in [2.05, 4.69) is 0 Å². The summed E-state index contributed by atoms with van der Waals surface area (Å²) in [7, 11) is 1.63. The number of carbonyl (C=O) groups is 2. The van der Waals surface area contributed by atoms with Gasteiger partial charge < -0.3 is 14.7 Å². The molecule has 1 N–H and O–H groups in total. The molecule has 0 aliphatic carbocycles. The van der Waals surface area contributed by atoms with Crippen molar-refractivity contribution in [2.75, 3.05) is 20.2 Å². The zero-order valence-electron chi connectivity index (χ0n) is 15.6. The first-order chi connectivity index (χ1) is 13.1. The van der Waals surface area contributed by atoms with Crippen LogP contribution in [-0.4, -0.2) is 42.1 Å². The van der Waals surface area contributed by atoms with Gasteiger partial charge in [0, 0.05) is 19.5 Å². The zero-order valence-corrected chi connectivity index (χ0v) is 15.6. The van der Waals surface area contributed by atoms with Gasteiger partial charge in [0.2, 0.25) is 5.91 Å². The van der Waals surface area contributed by atoms with E-state index in [4.69, 9.17) is 4.74 Å². The van der Waals surface area contributed by atoms with E-state index in [0.29, 0.717) is 38.8 Å². The van der Waals surface area contributed by atoms with E-state index in [1.165, 1.54) is 0 Å². The Labute approximate surface area is 159 Å². The molecular weight excluding hydrogens is 342 g/mol. The van der Waals surface area contributed by atoms with Gasteiger partial charge in [0.15, 0.2) is 0 Å². The molecule has 1 aliphatic heterocycles. The summed E-state index contributed by atoms with van der Waals surface area (Å²) in [5.74, 6) is 0.0423. The van der Waals surface area contributed by atoms with Crippen LogP contribution in [0.25, 0.3) is 0 Å². The standard InChI is InChI=1S/C22H25NO4/c1-27-19-10-6-5-7-17(19)11-12-20(24)23-15-13-22(14-16-23,21(25)26)18-8-3-2-4-9-18/h2-10H,11-16H2,1H3,(H,25,26). The third kappa shape index (κ3) is 3.97. The van der Waals surface area contributed by atoms with Crippen molar-refractivity contribution in [3.63, 3.8) is 0 Å². The number of hydrogen-bond donors (Lipinski definition) is 1. The summed E-state index contributed by atoms with van der Waals surface area (Å²) in [5, 5.41) is 9.86. The SMILES string of the molecule is COc1ccccc1CCC(=O)N1CCC(C(=O)O)(c2ccccc2)CC1. The second-order valence-corrected chi connectivity index (χ2v) is 6.95. The minimum Gasteiger partial charge on any atom is -0.496 e. The van der Waals surface area contributed by atoms with Crippen molar-refractivity contribution >= 4 is 11.9 Å². The zero-order chi connectivity index (χ0) is 19.3. The quantitative estimate of drug-likeness (QED) is 0.851. The van der Waals surface area contributed by atoms with Gasteiger partial charge in [-0.05, 0) is 36.5 Å². The number of benzene rings is 2. The summed E-state index contributed by atoms with van der Waals surface area (Å²) >= 11 is 0. The molecule has 2 aromatic rings. The van der Waals surface area contributed by atoms with Gasteiger partial charge in [-0.2, -0.15) is 0 Å². The Balaban J connectivity index is 1.62. The van der Waals surface area contributed by atoms with Gasteiger partial charge in [0.25, 0.3) is 0 Å². The first kappa shape index (κ1) is 19.0. The molecule has 0 atom stereocenters. The van der Waals surface area contributed by atoms with Crippen LogP contribution in [-0.2, 0) is 21.4 Å². The van der Waals surface area contributed by atoms with Gasteiger partial charge in [-0.3, -0.25) is 9.59 Å². The average molecular weight is 367 g/mol. The number of hydrogen-bond acceptors (Lipinski definition) is 3. The first-order valence-electron chi connectivity index (χ1n) is 9.25. The number of ether oxygens (including phenoxy) is 1. The highest BCUT2D eigenvalue weighted by molar-refractivity contribution is 5.83. The van der Waals surface area contributed by atoms with Gasteiger partial charge in [0.05, 0.1) is 12.5 Å².